The van der Waals surface area contributed by atoms with Crippen LogP contribution in [-0.4, -0.2) is 188 Å². The molecule has 92 heavy (non-hydrogen) atoms. The summed E-state index contributed by atoms with van der Waals surface area (Å²) in [5, 5.41) is 1.32. The Morgan fingerprint density at radius 1 is 0.859 bits per heavy atom. The van der Waals surface area contributed by atoms with Crippen LogP contribution in [-0.2, 0) is 38.1 Å². The van der Waals surface area contributed by atoms with Gasteiger partial charge in [-0.2, -0.15) is 9.97 Å². The van der Waals surface area contributed by atoms with E-state index in [1.54, 1.807) is 34.2 Å². The van der Waals surface area contributed by atoms with E-state index in [1.165, 1.54) is 20.3 Å². The topological polar surface area (TPSA) is 188 Å². The van der Waals surface area contributed by atoms with Gasteiger partial charge in [0, 0.05) is 75.4 Å². The number of aromatic nitrogens is 3. The van der Waals surface area contributed by atoms with Gasteiger partial charge in [-0.05, 0) is 144 Å². The Hall–Kier alpha value is -6.25. The number of fused-ring (bicyclic) bond motifs is 4. The van der Waals surface area contributed by atoms with Gasteiger partial charge in [0.2, 0.25) is 11.8 Å². The highest BCUT2D eigenvalue weighted by molar-refractivity contribution is 6.90. The molecule has 2 aromatic heterocycles. The van der Waals surface area contributed by atoms with Crippen molar-refractivity contribution in [2.45, 2.75) is 231 Å². The van der Waals surface area contributed by atoms with Crippen molar-refractivity contribution in [3.63, 3.8) is 0 Å². The molecule has 8 heterocycles. The van der Waals surface area contributed by atoms with Crippen LogP contribution in [0.1, 0.15) is 166 Å². The Balaban J connectivity index is 0.940. The zero-order chi connectivity index (χ0) is 66.1. The van der Waals surface area contributed by atoms with Gasteiger partial charge in [-0.15, -0.1) is 5.54 Å². The van der Waals surface area contributed by atoms with E-state index in [2.05, 4.69) is 62.8 Å². The number of carbonyl (C=O) groups is 4. The highest BCUT2D eigenvalue weighted by atomic mass is 28.3. The molecule has 10 rings (SSSR count). The number of amides is 3. The van der Waals surface area contributed by atoms with Crippen molar-refractivity contribution in [3.05, 3.63) is 47.7 Å². The summed E-state index contributed by atoms with van der Waals surface area (Å²) in [6, 6.07) is 4.12. The Morgan fingerprint density at radius 2 is 1.59 bits per heavy atom. The maximum atomic E-state index is 18.4. The van der Waals surface area contributed by atoms with Crippen molar-refractivity contribution < 1.29 is 61.1 Å². The Labute approximate surface area is 543 Å². The van der Waals surface area contributed by atoms with E-state index < -0.39 is 61.2 Å². The third kappa shape index (κ3) is 14.4. The summed E-state index contributed by atoms with van der Waals surface area (Å²) in [4.78, 5) is 80.6. The molecule has 6 saturated heterocycles. The van der Waals surface area contributed by atoms with Gasteiger partial charge in [-0.1, -0.05) is 74.3 Å². The Bertz CT molecular complexity index is 3380. The number of hydrogen-bond donors (Lipinski definition) is 0. The van der Waals surface area contributed by atoms with E-state index in [1.807, 2.05) is 46.4 Å². The van der Waals surface area contributed by atoms with Crippen molar-refractivity contribution >= 4 is 59.4 Å². The number of hydrogen-bond acceptors (Lipinski definition) is 16. The van der Waals surface area contributed by atoms with Crippen molar-refractivity contribution in [2.24, 2.45) is 5.41 Å². The summed E-state index contributed by atoms with van der Waals surface area (Å²) in [6.07, 6.45) is 8.91. The normalized spacial score (nSPS) is 23.6. The first kappa shape index (κ1) is 68.6. The van der Waals surface area contributed by atoms with Crippen molar-refractivity contribution in [3.8, 4) is 34.5 Å². The summed E-state index contributed by atoms with van der Waals surface area (Å²) in [7, 11) is 0.451. The third-order valence-corrected chi connectivity index (χ3v) is 26.3. The molecular formula is C70H98F2N8O11Si. The van der Waals surface area contributed by atoms with E-state index in [0.29, 0.717) is 73.2 Å². The van der Waals surface area contributed by atoms with Gasteiger partial charge in [0.05, 0.1) is 36.2 Å². The van der Waals surface area contributed by atoms with Gasteiger partial charge in [-0.3, -0.25) is 24.4 Å². The molecule has 3 amide bonds. The van der Waals surface area contributed by atoms with E-state index in [-0.39, 0.29) is 113 Å². The molecule has 22 heteroatoms. The lowest BCUT2D eigenvalue weighted by atomic mass is 9.83. The van der Waals surface area contributed by atoms with Crippen LogP contribution in [0.4, 0.5) is 19.4 Å². The van der Waals surface area contributed by atoms with Crippen LogP contribution < -0.4 is 14.4 Å². The molecule has 0 saturated carbocycles. The predicted molar refractivity (Wildman–Crippen MR) is 351 cm³/mol. The highest BCUT2D eigenvalue weighted by Gasteiger charge is 2.52. The van der Waals surface area contributed by atoms with Crippen LogP contribution in [0, 0.1) is 28.5 Å². The van der Waals surface area contributed by atoms with E-state index >= 15 is 8.78 Å². The fourth-order valence-electron chi connectivity index (χ4n) is 15.8. The fraction of sp³-hybridized carbons (Fsp3) is 0.671. The van der Waals surface area contributed by atoms with Crippen LogP contribution in [0.15, 0.2) is 30.5 Å². The zero-order valence-electron chi connectivity index (χ0n) is 56.7. The fourth-order valence-corrected chi connectivity index (χ4v) is 21.0. The third-order valence-electron chi connectivity index (χ3n) is 20.0. The number of benzene rings is 2. The lowest BCUT2D eigenvalue weighted by Gasteiger charge is -2.42. The quantitative estimate of drug-likeness (QED) is 0.0351. The Kier molecular flexibility index (Phi) is 21.2. The standard InChI is InChI=1S/C70H98F2N8O11Si/c1-42(2)92(43(3)4,44(5)6)32-28-52-55(71)26-22-45-33-50(89-41-85-13)34-53(59(45)52)61-60(72)62-54(36-73-61)64(77-37-47-23-24-48(38-77)79(47)68(84)91-70(10,11)12)75-67(74-62)88-40-49-20-18-30-76(49)29-17-19-46-25-27-57(81)80(46)63(69(7,8)9)65(82)78-39-51(35-56(78)66(83)86-14)90-58-21-15-16-31-87-58/h22,26,33-34,36,42-44,46-49,51,56,58,63H,15-21,23-25,27,29-31,35,37-41H2,1-14H3/t46?,47?,48?,49-,51+,56-,58?,63+/m0/s1. The molecule has 0 aliphatic carbocycles. The van der Waals surface area contributed by atoms with Gasteiger partial charge in [0.25, 0.3) is 0 Å². The summed E-state index contributed by atoms with van der Waals surface area (Å²) >= 11 is 0. The zero-order valence-corrected chi connectivity index (χ0v) is 57.7. The lowest BCUT2D eigenvalue weighted by Crippen LogP contribution is -2.59. The van der Waals surface area contributed by atoms with E-state index in [4.69, 9.17) is 48.1 Å². The number of likely N-dealkylation sites (tertiary alicyclic amines) is 3. The number of carbonyl (C=O) groups excluding carboxylic acids is 4. The molecule has 502 valence electrons. The van der Waals surface area contributed by atoms with Crippen molar-refractivity contribution in [2.75, 3.05) is 71.8 Å². The molecule has 4 unspecified atom stereocenters. The van der Waals surface area contributed by atoms with Crippen LogP contribution in [0.3, 0.4) is 0 Å². The number of esters is 1. The van der Waals surface area contributed by atoms with Crippen molar-refractivity contribution in [1.29, 1.82) is 0 Å². The van der Waals surface area contributed by atoms with E-state index in [0.717, 1.165) is 57.9 Å². The molecule has 6 aliphatic heterocycles. The number of pyridine rings is 1. The minimum Gasteiger partial charge on any atom is -0.468 e. The van der Waals surface area contributed by atoms with Gasteiger partial charge >= 0.3 is 18.1 Å². The smallest absolute Gasteiger partial charge is 0.410 e. The largest absolute Gasteiger partial charge is 0.468 e. The highest BCUT2D eigenvalue weighted by Crippen LogP contribution is 2.45. The maximum Gasteiger partial charge on any atom is 0.410 e. The summed E-state index contributed by atoms with van der Waals surface area (Å²) in [6.45, 7) is 27.9. The number of rotatable bonds is 20. The molecule has 0 N–H and O–H groups in total. The number of nitrogens with zero attached hydrogens (tertiary/aromatic N) is 8. The summed E-state index contributed by atoms with van der Waals surface area (Å²) < 4.78 is 76.3. The molecule has 2 aromatic carbocycles. The molecule has 6 fully saturated rings. The molecule has 8 atom stereocenters. The predicted octanol–water partition coefficient (Wildman–Crippen LogP) is 12.0. The number of methoxy groups -OCH3 is 2. The number of halogens is 2. The number of piperazine rings is 1. The van der Waals surface area contributed by atoms with Gasteiger partial charge in [0.15, 0.2) is 18.9 Å². The first-order valence-corrected chi connectivity index (χ1v) is 35.8. The lowest BCUT2D eigenvalue weighted by molar-refractivity contribution is -0.185. The average molecular weight is 1290 g/mol. The SMILES string of the molecule is COCOc1cc(-c2ncc3c(N4CC5CCC(C4)N5C(=O)OC(C)(C)C)nc(OC[C@@H]4CCCN4CCCC4CCC(=O)N4[C@H](C(=O)N4C[C@H](OC5CCCCO5)C[C@H]4C(=O)OC)C(C)(C)C)nc3c2F)c2c(C#C[Si](C(C)C)(C(C)C)C(C)C)c(F)ccc2c1. The molecule has 0 radical (unpaired) electrons. The molecule has 0 spiro atoms. The monoisotopic (exact) mass is 1290 g/mol. The van der Waals surface area contributed by atoms with Crippen LogP contribution in [0.25, 0.3) is 32.9 Å². The van der Waals surface area contributed by atoms with Gasteiger partial charge in [0.1, 0.15) is 61.0 Å². The molecule has 4 aromatic rings. The van der Waals surface area contributed by atoms with Crippen LogP contribution in [0.2, 0.25) is 16.6 Å². The summed E-state index contributed by atoms with van der Waals surface area (Å²) in [5.41, 5.74) is 3.46. The minimum absolute atomic E-state index is 0.0278. The van der Waals surface area contributed by atoms with Crippen molar-refractivity contribution in [1.82, 2.24) is 34.6 Å². The van der Waals surface area contributed by atoms with Gasteiger partial charge < -0.3 is 47.9 Å². The number of ether oxygens (including phenoxy) is 7. The maximum absolute atomic E-state index is 18.4. The average Bonchev–Trinajstić information content (AvgIpc) is 1.56. The van der Waals surface area contributed by atoms with Crippen LogP contribution >= 0.6 is 0 Å². The molecule has 2 bridgehead atoms. The first-order chi connectivity index (χ1) is 43.7. The van der Waals surface area contributed by atoms with Gasteiger partial charge in [-0.25, -0.2) is 18.4 Å². The molecule has 19 nitrogen and oxygen atoms in total. The second-order valence-corrected chi connectivity index (χ2v) is 34.8. The second-order valence-electron chi connectivity index (χ2n) is 29.2. The Morgan fingerprint density at radius 3 is 2.24 bits per heavy atom. The van der Waals surface area contributed by atoms with Crippen LogP contribution in [0.5, 0.6) is 11.8 Å². The first-order valence-electron chi connectivity index (χ1n) is 33.6. The summed E-state index contributed by atoms with van der Waals surface area (Å²) in [5.74, 6) is 1.96. The minimum atomic E-state index is -2.39. The number of anilines is 1. The molecule has 6 aliphatic rings. The molecular weight excluding hydrogens is 1190 g/mol. The second kappa shape index (κ2) is 28.4. The van der Waals surface area contributed by atoms with E-state index in [9.17, 15) is 19.2 Å².